The molecule has 0 radical (unpaired) electrons. The average molecular weight is 474 g/mol. The number of methoxy groups -OCH3 is 1. The predicted octanol–water partition coefficient (Wildman–Crippen LogP) is 4.15. The van der Waals surface area contributed by atoms with Crippen molar-refractivity contribution in [3.05, 3.63) is 45.9 Å². The molecular formula is C18H27IN4OS. The van der Waals surface area contributed by atoms with Gasteiger partial charge in [-0.3, -0.25) is 0 Å². The summed E-state index contributed by atoms with van der Waals surface area (Å²) in [5.41, 5.74) is 2.21. The van der Waals surface area contributed by atoms with Crippen LogP contribution in [0.2, 0.25) is 0 Å². The van der Waals surface area contributed by atoms with E-state index in [-0.39, 0.29) is 24.0 Å². The summed E-state index contributed by atoms with van der Waals surface area (Å²) in [5, 5.41) is 9.80. The molecule has 138 valence electrons. The molecule has 0 amide bonds. The fraction of sp³-hybridized carbons (Fsp3) is 0.444. The van der Waals surface area contributed by atoms with Gasteiger partial charge in [0.1, 0.15) is 10.8 Å². The van der Waals surface area contributed by atoms with Crippen molar-refractivity contribution in [2.45, 2.75) is 39.8 Å². The highest BCUT2D eigenvalue weighted by Crippen LogP contribution is 2.18. The molecule has 1 aromatic heterocycles. The van der Waals surface area contributed by atoms with Crippen molar-refractivity contribution in [3.8, 4) is 5.75 Å². The van der Waals surface area contributed by atoms with Gasteiger partial charge in [-0.25, -0.2) is 9.98 Å². The van der Waals surface area contributed by atoms with Gasteiger partial charge in [0.15, 0.2) is 5.96 Å². The third-order valence-corrected chi connectivity index (χ3v) is 4.38. The Morgan fingerprint density at radius 3 is 2.68 bits per heavy atom. The van der Waals surface area contributed by atoms with Gasteiger partial charge in [-0.1, -0.05) is 32.0 Å². The van der Waals surface area contributed by atoms with Crippen LogP contribution in [0.4, 0.5) is 0 Å². The van der Waals surface area contributed by atoms with E-state index in [1.165, 1.54) is 0 Å². The predicted molar refractivity (Wildman–Crippen MR) is 116 cm³/mol. The van der Waals surface area contributed by atoms with Crippen LogP contribution in [0.5, 0.6) is 5.75 Å². The monoisotopic (exact) mass is 474 g/mol. The summed E-state index contributed by atoms with van der Waals surface area (Å²) in [6.45, 7) is 8.42. The number of thiazole rings is 1. The number of nitrogens with zero attached hydrogens (tertiary/aromatic N) is 2. The van der Waals surface area contributed by atoms with Gasteiger partial charge in [0.2, 0.25) is 0 Å². The molecule has 0 saturated heterocycles. The van der Waals surface area contributed by atoms with Crippen molar-refractivity contribution in [3.63, 3.8) is 0 Å². The van der Waals surface area contributed by atoms with Crippen LogP contribution in [0.25, 0.3) is 0 Å². The minimum absolute atomic E-state index is 0. The maximum absolute atomic E-state index is 5.37. The number of halogens is 1. The molecule has 2 rings (SSSR count). The molecule has 0 saturated carbocycles. The van der Waals surface area contributed by atoms with Crippen molar-refractivity contribution in [2.24, 2.45) is 4.99 Å². The molecule has 1 aromatic carbocycles. The summed E-state index contributed by atoms with van der Waals surface area (Å²) in [4.78, 5) is 9.28. The first-order valence-electron chi connectivity index (χ1n) is 8.22. The molecular weight excluding hydrogens is 447 g/mol. The standard InChI is InChI=1S/C18H26N4OS.HI/c1-5-19-18(20-10-14-8-6-7-9-16(14)23-4)21-11-17-22-15(12-24-17)13(2)3;/h6-9,12-13H,5,10-11H2,1-4H3,(H2,19,20,21);1H. The number of ether oxygens (including phenoxy) is 1. The van der Waals surface area contributed by atoms with Crippen LogP contribution in [0.15, 0.2) is 34.6 Å². The number of benzene rings is 1. The summed E-state index contributed by atoms with van der Waals surface area (Å²) in [5.74, 6) is 2.10. The van der Waals surface area contributed by atoms with Gasteiger partial charge in [0.05, 0.1) is 25.9 Å². The Hall–Kier alpha value is -1.35. The van der Waals surface area contributed by atoms with Crippen molar-refractivity contribution in [1.82, 2.24) is 15.6 Å². The fourth-order valence-electron chi connectivity index (χ4n) is 2.17. The van der Waals surface area contributed by atoms with Crippen molar-refractivity contribution >= 4 is 41.3 Å². The first-order chi connectivity index (χ1) is 11.6. The van der Waals surface area contributed by atoms with E-state index in [1.807, 2.05) is 24.3 Å². The number of hydrogen-bond donors (Lipinski definition) is 2. The zero-order valence-electron chi connectivity index (χ0n) is 15.2. The lowest BCUT2D eigenvalue weighted by molar-refractivity contribution is 0.410. The zero-order valence-corrected chi connectivity index (χ0v) is 18.4. The van der Waals surface area contributed by atoms with Gasteiger partial charge >= 0.3 is 0 Å². The average Bonchev–Trinajstić information content (AvgIpc) is 3.07. The summed E-state index contributed by atoms with van der Waals surface area (Å²) in [6, 6.07) is 7.94. The Morgan fingerprint density at radius 2 is 2.04 bits per heavy atom. The van der Waals surface area contributed by atoms with Crippen LogP contribution < -0.4 is 15.4 Å². The third kappa shape index (κ3) is 6.81. The van der Waals surface area contributed by atoms with Crippen LogP contribution in [0.1, 0.15) is 43.0 Å². The zero-order chi connectivity index (χ0) is 17.4. The Labute approximate surface area is 171 Å². The second-order valence-electron chi connectivity index (χ2n) is 5.68. The topological polar surface area (TPSA) is 58.5 Å². The number of nitrogens with one attached hydrogen (secondary N) is 2. The number of guanidine groups is 1. The maximum atomic E-state index is 5.37. The van der Waals surface area contributed by atoms with E-state index in [0.717, 1.165) is 34.5 Å². The smallest absolute Gasteiger partial charge is 0.191 e. The lowest BCUT2D eigenvalue weighted by Crippen LogP contribution is -2.36. The summed E-state index contributed by atoms with van der Waals surface area (Å²) in [7, 11) is 1.68. The molecule has 0 aliphatic rings. The molecule has 0 bridgehead atoms. The molecule has 25 heavy (non-hydrogen) atoms. The second-order valence-corrected chi connectivity index (χ2v) is 6.62. The summed E-state index contributed by atoms with van der Waals surface area (Å²) >= 11 is 1.68. The van der Waals surface area contributed by atoms with E-state index in [4.69, 9.17) is 4.74 Å². The van der Waals surface area contributed by atoms with E-state index in [9.17, 15) is 0 Å². The van der Waals surface area contributed by atoms with E-state index in [0.29, 0.717) is 19.0 Å². The first-order valence-corrected chi connectivity index (χ1v) is 9.10. The number of rotatable bonds is 7. The van der Waals surface area contributed by atoms with E-state index >= 15 is 0 Å². The van der Waals surface area contributed by atoms with E-state index < -0.39 is 0 Å². The summed E-state index contributed by atoms with van der Waals surface area (Å²) < 4.78 is 5.37. The molecule has 0 aliphatic heterocycles. The van der Waals surface area contributed by atoms with Crippen LogP contribution in [0.3, 0.4) is 0 Å². The van der Waals surface area contributed by atoms with Crippen molar-refractivity contribution in [1.29, 1.82) is 0 Å². The van der Waals surface area contributed by atoms with E-state index in [2.05, 4.69) is 46.8 Å². The summed E-state index contributed by atoms with van der Waals surface area (Å²) in [6.07, 6.45) is 0. The van der Waals surface area contributed by atoms with Gasteiger partial charge in [0, 0.05) is 17.5 Å². The highest BCUT2D eigenvalue weighted by molar-refractivity contribution is 14.0. The lowest BCUT2D eigenvalue weighted by Gasteiger charge is -2.11. The first kappa shape index (κ1) is 21.7. The van der Waals surface area contributed by atoms with Crippen LogP contribution in [-0.2, 0) is 13.1 Å². The van der Waals surface area contributed by atoms with Gasteiger partial charge in [-0.15, -0.1) is 35.3 Å². The fourth-order valence-corrected chi connectivity index (χ4v) is 3.07. The van der Waals surface area contributed by atoms with Gasteiger partial charge < -0.3 is 15.4 Å². The normalized spacial score (nSPS) is 11.2. The third-order valence-electron chi connectivity index (χ3n) is 3.51. The molecule has 0 aliphatic carbocycles. The van der Waals surface area contributed by atoms with Gasteiger partial charge in [-0.2, -0.15) is 0 Å². The lowest BCUT2D eigenvalue weighted by atomic mass is 10.2. The number of para-hydroxylation sites is 1. The van der Waals surface area contributed by atoms with E-state index in [1.54, 1.807) is 18.4 Å². The minimum Gasteiger partial charge on any atom is -0.496 e. The highest BCUT2D eigenvalue weighted by Gasteiger charge is 2.07. The molecule has 0 spiro atoms. The molecule has 5 nitrogen and oxygen atoms in total. The number of aliphatic imine (C=N–C) groups is 1. The van der Waals surface area contributed by atoms with Crippen LogP contribution in [0, 0.1) is 0 Å². The Morgan fingerprint density at radius 1 is 1.28 bits per heavy atom. The molecule has 2 N–H and O–H groups in total. The molecule has 7 heteroatoms. The number of hydrogen-bond acceptors (Lipinski definition) is 4. The molecule has 2 aromatic rings. The van der Waals surface area contributed by atoms with Crippen molar-refractivity contribution < 1.29 is 4.74 Å². The molecule has 1 heterocycles. The van der Waals surface area contributed by atoms with Gasteiger partial charge in [-0.05, 0) is 18.9 Å². The number of aromatic nitrogens is 1. The van der Waals surface area contributed by atoms with Gasteiger partial charge in [0.25, 0.3) is 0 Å². The quantitative estimate of drug-likeness (QED) is 0.360. The Balaban J connectivity index is 0.00000312. The second kappa shape index (κ2) is 11.3. The SMILES string of the molecule is CCNC(=NCc1ccccc1OC)NCc1nc(C(C)C)cs1.I. The van der Waals surface area contributed by atoms with Crippen LogP contribution >= 0.6 is 35.3 Å². The molecule has 0 atom stereocenters. The highest BCUT2D eigenvalue weighted by atomic mass is 127. The van der Waals surface area contributed by atoms with Crippen LogP contribution in [-0.4, -0.2) is 24.6 Å². The maximum Gasteiger partial charge on any atom is 0.191 e. The van der Waals surface area contributed by atoms with Crippen molar-refractivity contribution in [2.75, 3.05) is 13.7 Å². The molecule has 0 fully saturated rings. The molecule has 0 unspecified atom stereocenters. The Kier molecular flexibility index (Phi) is 9.81. The minimum atomic E-state index is 0. The largest absolute Gasteiger partial charge is 0.496 e. The Bertz CT molecular complexity index is 673.